The van der Waals surface area contributed by atoms with E-state index in [0.717, 1.165) is 9.87 Å². The number of thiazole rings is 1. The van der Waals surface area contributed by atoms with E-state index in [4.69, 9.17) is 0 Å². The number of carbonyl (C=O) groups excluding carboxylic acids is 2. The van der Waals surface area contributed by atoms with Crippen LogP contribution in [-0.4, -0.2) is 49.7 Å². The molecule has 3 aromatic rings. The number of para-hydroxylation sites is 1. The van der Waals surface area contributed by atoms with E-state index in [1.165, 1.54) is 30.6 Å². The minimum atomic E-state index is -4.67. The third kappa shape index (κ3) is 7.50. The Morgan fingerprint density at radius 3 is 2.26 bits per heavy atom. The Labute approximate surface area is 207 Å². The van der Waals surface area contributed by atoms with Crippen LogP contribution in [-0.2, 0) is 26.3 Å². The quantitative estimate of drug-likeness (QED) is 0.351. The number of alkyl carbamates (subject to hydrolysis) is 1. The molecule has 1 heterocycles. The van der Waals surface area contributed by atoms with Gasteiger partial charge in [0, 0.05) is 11.8 Å². The standard InChI is InChI=1S/C23H26N4O6S2/c1-16-24-21(15-34-16)20(14-27(35(30,31)32)18-11-7-4-8-12-18)25-22(28)19(26-23(29)33-2)13-17-9-5-3-6-10-17/h3-12,15,19-20H,13-14H2,1-2H3,(H,25,28)(H,26,29)(H,30,31,32)/t19-,20-/m0/s1. The van der Waals surface area contributed by atoms with Crippen molar-refractivity contribution in [2.75, 3.05) is 18.0 Å². The first-order chi connectivity index (χ1) is 16.7. The zero-order valence-corrected chi connectivity index (χ0v) is 20.8. The number of nitrogens with one attached hydrogen (secondary N) is 2. The summed E-state index contributed by atoms with van der Waals surface area (Å²) in [5.74, 6) is -0.571. The lowest BCUT2D eigenvalue weighted by Crippen LogP contribution is -2.50. The fourth-order valence-corrected chi connectivity index (χ4v) is 4.77. The maximum Gasteiger partial charge on any atom is 0.407 e. The Balaban J connectivity index is 1.91. The van der Waals surface area contributed by atoms with Crippen LogP contribution in [0.2, 0.25) is 0 Å². The highest BCUT2D eigenvalue weighted by Crippen LogP contribution is 2.23. The van der Waals surface area contributed by atoms with Gasteiger partial charge in [-0.3, -0.25) is 9.35 Å². The van der Waals surface area contributed by atoms with Crippen LogP contribution in [0, 0.1) is 6.92 Å². The number of carbonyl (C=O) groups is 2. The Hall–Kier alpha value is -3.48. The van der Waals surface area contributed by atoms with Crippen LogP contribution in [0.5, 0.6) is 0 Å². The van der Waals surface area contributed by atoms with Crippen molar-refractivity contribution in [2.24, 2.45) is 0 Å². The second-order valence-corrected chi connectivity index (χ2v) is 9.97. The summed E-state index contributed by atoms with van der Waals surface area (Å²) in [6, 6.07) is 15.2. The summed E-state index contributed by atoms with van der Waals surface area (Å²) >= 11 is 1.33. The predicted octanol–water partition coefficient (Wildman–Crippen LogP) is 2.89. The maximum absolute atomic E-state index is 13.3. The minimum Gasteiger partial charge on any atom is -0.453 e. The van der Waals surface area contributed by atoms with Crippen molar-refractivity contribution in [2.45, 2.75) is 25.4 Å². The van der Waals surface area contributed by atoms with E-state index in [0.29, 0.717) is 10.7 Å². The van der Waals surface area contributed by atoms with Crippen molar-refractivity contribution in [1.82, 2.24) is 15.6 Å². The smallest absolute Gasteiger partial charge is 0.407 e. The molecule has 0 saturated carbocycles. The third-order valence-electron chi connectivity index (χ3n) is 5.06. The van der Waals surface area contributed by atoms with Gasteiger partial charge in [0.05, 0.1) is 36.1 Å². The van der Waals surface area contributed by atoms with Crippen molar-refractivity contribution in [3.63, 3.8) is 0 Å². The van der Waals surface area contributed by atoms with Gasteiger partial charge in [-0.1, -0.05) is 48.5 Å². The van der Waals surface area contributed by atoms with Crippen molar-refractivity contribution in [3.8, 4) is 0 Å². The number of nitrogens with zero attached hydrogens (tertiary/aromatic N) is 2. The van der Waals surface area contributed by atoms with E-state index in [2.05, 4.69) is 20.4 Å². The molecule has 0 saturated heterocycles. The minimum absolute atomic E-state index is 0.172. The van der Waals surface area contributed by atoms with Crippen molar-refractivity contribution in [1.29, 1.82) is 0 Å². The molecule has 3 rings (SSSR count). The number of hydrogen-bond acceptors (Lipinski definition) is 7. The summed E-state index contributed by atoms with van der Waals surface area (Å²) in [5, 5.41) is 7.72. The molecule has 2 amide bonds. The molecule has 2 aromatic carbocycles. The molecule has 1 aromatic heterocycles. The monoisotopic (exact) mass is 518 g/mol. The van der Waals surface area contributed by atoms with Gasteiger partial charge in [0.2, 0.25) is 5.91 Å². The maximum atomic E-state index is 13.3. The van der Waals surface area contributed by atoms with Crippen LogP contribution < -0.4 is 14.9 Å². The Morgan fingerprint density at radius 1 is 1.09 bits per heavy atom. The van der Waals surface area contributed by atoms with Crippen LogP contribution in [0.4, 0.5) is 10.5 Å². The number of methoxy groups -OCH3 is 1. The van der Waals surface area contributed by atoms with E-state index in [1.807, 2.05) is 30.3 Å². The van der Waals surface area contributed by atoms with Gasteiger partial charge in [-0.25, -0.2) is 14.1 Å². The number of aryl methyl sites for hydroxylation is 1. The molecule has 35 heavy (non-hydrogen) atoms. The molecule has 0 spiro atoms. The fraction of sp³-hybridized carbons (Fsp3) is 0.261. The molecule has 0 unspecified atom stereocenters. The summed E-state index contributed by atoms with van der Waals surface area (Å²) in [5.41, 5.74) is 1.44. The van der Waals surface area contributed by atoms with E-state index >= 15 is 0 Å². The van der Waals surface area contributed by atoms with Crippen LogP contribution in [0.3, 0.4) is 0 Å². The van der Waals surface area contributed by atoms with Crippen molar-refractivity contribution < 1.29 is 27.3 Å². The molecule has 3 N–H and O–H groups in total. The first kappa shape index (κ1) is 26.1. The average Bonchev–Trinajstić information content (AvgIpc) is 3.27. The number of anilines is 1. The number of benzene rings is 2. The molecular weight excluding hydrogens is 492 g/mol. The topological polar surface area (TPSA) is 138 Å². The number of ether oxygens (including phenoxy) is 1. The van der Waals surface area contributed by atoms with E-state index < -0.39 is 34.4 Å². The highest BCUT2D eigenvalue weighted by atomic mass is 32.2. The summed E-state index contributed by atoms with van der Waals surface area (Å²) in [6.07, 6.45) is -0.614. The molecule has 12 heteroatoms. The second kappa shape index (κ2) is 11.8. The van der Waals surface area contributed by atoms with Gasteiger partial charge in [0.15, 0.2) is 0 Å². The first-order valence-electron chi connectivity index (χ1n) is 10.6. The van der Waals surface area contributed by atoms with Gasteiger partial charge in [-0.2, -0.15) is 8.42 Å². The Bertz CT molecular complexity index is 1240. The predicted molar refractivity (Wildman–Crippen MR) is 133 cm³/mol. The Morgan fingerprint density at radius 2 is 1.71 bits per heavy atom. The second-order valence-electron chi connectivity index (χ2n) is 7.58. The molecule has 0 aliphatic rings. The van der Waals surface area contributed by atoms with Crippen LogP contribution in [0.25, 0.3) is 0 Å². The number of aromatic nitrogens is 1. The molecule has 10 nitrogen and oxygen atoms in total. The summed E-state index contributed by atoms with van der Waals surface area (Å²) < 4.78 is 39.8. The van der Waals surface area contributed by atoms with E-state index in [9.17, 15) is 22.6 Å². The van der Waals surface area contributed by atoms with Gasteiger partial charge in [0.1, 0.15) is 6.04 Å². The van der Waals surface area contributed by atoms with Gasteiger partial charge in [-0.05, 0) is 24.6 Å². The van der Waals surface area contributed by atoms with Crippen LogP contribution in [0.1, 0.15) is 22.3 Å². The lowest BCUT2D eigenvalue weighted by Gasteiger charge is -2.28. The molecule has 2 atom stereocenters. The molecular formula is C23H26N4O6S2. The molecule has 0 radical (unpaired) electrons. The highest BCUT2D eigenvalue weighted by molar-refractivity contribution is 7.87. The average molecular weight is 519 g/mol. The van der Waals surface area contributed by atoms with Crippen molar-refractivity contribution in [3.05, 3.63) is 82.3 Å². The lowest BCUT2D eigenvalue weighted by atomic mass is 10.0. The molecule has 0 aliphatic carbocycles. The summed E-state index contributed by atoms with van der Waals surface area (Å²) in [4.78, 5) is 29.6. The fourth-order valence-electron chi connectivity index (χ4n) is 3.38. The number of hydrogen-bond donors (Lipinski definition) is 3. The number of amides is 2. The van der Waals surface area contributed by atoms with E-state index in [1.54, 1.807) is 30.5 Å². The normalized spacial score (nSPS) is 12.9. The molecule has 0 bridgehead atoms. The highest BCUT2D eigenvalue weighted by Gasteiger charge is 2.30. The van der Waals surface area contributed by atoms with Crippen molar-refractivity contribution >= 4 is 39.3 Å². The number of rotatable bonds is 10. The molecule has 0 fully saturated rings. The summed E-state index contributed by atoms with van der Waals surface area (Å²) in [7, 11) is -3.48. The Kier molecular flexibility index (Phi) is 8.79. The van der Waals surface area contributed by atoms with E-state index in [-0.39, 0.29) is 18.7 Å². The SMILES string of the molecule is COC(=O)N[C@@H](Cc1ccccc1)C(=O)N[C@@H](CN(c1ccccc1)S(=O)(=O)O)c1csc(C)n1. The zero-order chi connectivity index (χ0) is 25.4. The van der Waals surface area contributed by atoms with Gasteiger partial charge in [0.25, 0.3) is 0 Å². The largest absolute Gasteiger partial charge is 0.453 e. The van der Waals surface area contributed by atoms with Gasteiger partial charge < -0.3 is 15.4 Å². The summed E-state index contributed by atoms with van der Waals surface area (Å²) in [6.45, 7) is 1.45. The first-order valence-corrected chi connectivity index (χ1v) is 12.9. The lowest BCUT2D eigenvalue weighted by molar-refractivity contribution is -0.123. The molecule has 186 valence electrons. The van der Waals surface area contributed by atoms with Crippen LogP contribution in [0.15, 0.2) is 66.0 Å². The molecule has 0 aliphatic heterocycles. The van der Waals surface area contributed by atoms with Gasteiger partial charge in [-0.15, -0.1) is 11.3 Å². The zero-order valence-electron chi connectivity index (χ0n) is 19.1. The van der Waals surface area contributed by atoms with Gasteiger partial charge >= 0.3 is 16.4 Å². The third-order valence-corrected chi connectivity index (χ3v) is 6.77. The van der Waals surface area contributed by atoms with Crippen LogP contribution >= 0.6 is 11.3 Å².